The highest BCUT2D eigenvalue weighted by Crippen LogP contribution is 2.62. The van der Waals surface area contributed by atoms with Crippen LogP contribution < -0.4 is 0 Å². The molecule has 8 heteroatoms. The van der Waals surface area contributed by atoms with Gasteiger partial charge in [0.05, 0.1) is 25.4 Å². The summed E-state index contributed by atoms with van der Waals surface area (Å²) in [7, 11) is -3.66. The first-order valence-electron chi connectivity index (χ1n) is 8.22. The number of halogens is 1. The van der Waals surface area contributed by atoms with Crippen LogP contribution in [0.25, 0.3) is 0 Å². The zero-order chi connectivity index (χ0) is 19.8. The van der Waals surface area contributed by atoms with Gasteiger partial charge in [-0.3, -0.25) is 9.56 Å². The van der Waals surface area contributed by atoms with E-state index < -0.39 is 24.7 Å². The minimum absolute atomic E-state index is 0.177. The second-order valence-electron chi connectivity index (χ2n) is 6.06. The lowest BCUT2D eigenvalue weighted by molar-refractivity contribution is 0.212. The zero-order valence-electron chi connectivity index (χ0n) is 15.3. The van der Waals surface area contributed by atoms with Crippen molar-refractivity contribution in [2.24, 2.45) is 16.3 Å². The van der Waals surface area contributed by atoms with E-state index in [9.17, 15) is 4.57 Å². The minimum atomic E-state index is -3.66. The van der Waals surface area contributed by atoms with Gasteiger partial charge in [-0.1, -0.05) is 43.6 Å². The molecule has 1 atom stereocenters. The summed E-state index contributed by atoms with van der Waals surface area (Å²) in [6.07, 6.45) is 1.46. The van der Waals surface area contributed by atoms with E-state index >= 15 is 0 Å². The molecule has 0 heterocycles. The fourth-order valence-electron chi connectivity index (χ4n) is 2.25. The Morgan fingerprint density at radius 2 is 1.77 bits per heavy atom. The molecule has 6 nitrogen and oxygen atoms in total. The molecule has 0 saturated heterocycles. The molecule has 0 fully saturated rings. The highest BCUT2D eigenvalue weighted by Gasteiger charge is 2.38. The molecule has 0 spiro atoms. The fourth-order valence-corrected chi connectivity index (χ4v) is 4.44. The van der Waals surface area contributed by atoms with Gasteiger partial charge in [-0.25, -0.2) is 0 Å². The molecule has 0 aliphatic carbocycles. The number of aliphatic imine (C=N–C) groups is 1. The van der Waals surface area contributed by atoms with Crippen molar-refractivity contribution in [2.75, 3.05) is 13.2 Å². The summed E-state index contributed by atoms with van der Waals surface area (Å²) in [5, 5.41) is 18.7. The predicted molar refractivity (Wildman–Crippen MR) is 102 cm³/mol. The molecule has 0 aliphatic rings. The summed E-state index contributed by atoms with van der Waals surface area (Å²) < 4.78 is 24.2. The van der Waals surface area contributed by atoms with Crippen molar-refractivity contribution in [2.45, 2.75) is 33.5 Å². The summed E-state index contributed by atoms with van der Waals surface area (Å²) in [6, 6.07) is 10.8. The normalized spacial score (nSPS) is 13.5. The smallest absolute Gasteiger partial charge is 0.307 e. The van der Waals surface area contributed by atoms with E-state index in [4.69, 9.17) is 31.2 Å². The maximum Gasteiger partial charge on any atom is 0.359 e. The number of rotatable bonds is 9. The molecule has 26 heavy (non-hydrogen) atoms. The van der Waals surface area contributed by atoms with Gasteiger partial charge in [0, 0.05) is 22.2 Å². The SMILES string of the molecule is CCOP(=O)(OCC)C(/N=C/C(C)(C)C(C#N)C#N)c1ccccc1Cl. The lowest BCUT2D eigenvalue weighted by atomic mass is 9.82. The summed E-state index contributed by atoms with van der Waals surface area (Å²) >= 11 is 6.28. The lowest BCUT2D eigenvalue weighted by Gasteiger charge is -2.26. The van der Waals surface area contributed by atoms with Crippen LogP contribution in [0.3, 0.4) is 0 Å². The molecular formula is C18H23ClN3O3P. The van der Waals surface area contributed by atoms with Crippen molar-refractivity contribution in [1.29, 1.82) is 10.5 Å². The molecule has 0 saturated carbocycles. The third-order valence-electron chi connectivity index (χ3n) is 3.65. The van der Waals surface area contributed by atoms with Crippen molar-refractivity contribution in [3.05, 3.63) is 34.9 Å². The number of hydrogen-bond donors (Lipinski definition) is 0. The third kappa shape index (κ3) is 5.40. The van der Waals surface area contributed by atoms with Gasteiger partial charge in [0.25, 0.3) is 0 Å². The Balaban J connectivity index is 3.45. The van der Waals surface area contributed by atoms with E-state index in [1.54, 1.807) is 52.0 Å². The van der Waals surface area contributed by atoms with E-state index in [-0.39, 0.29) is 13.2 Å². The molecular weight excluding hydrogens is 373 g/mol. The largest absolute Gasteiger partial charge is 0.359 e. The molecule has 140 valence electrons. The van der Waals surface area contributed by atoms with Gasteiger partial charge in [-0.05, 0) is 19.9 Å². The molecule has 0 bridgehead atoms. The van der Waals surface area contributed by atoms with Crippen LogP contribution >= 0.6 is 19.2 Å². The average molecular weight is 396 g/mol. The van der Waals surface area contributed by atoms with Crippen molar-refractivity contribution >= 4 is 25.4 Å². The monoisotopic (exact) mass is 395 g/mol. The first-order chi connectivity index (χ1) is 12.3. The summed E-state index contributed by atoms with van der Waals surface area (Å²) in [5.41, 5.74) is -0.358. The van der Waals surface area contributed by atoms with Crippen LogP contribution in [0.4, 0.5) is 0 Å². The number of nitrogens with zero attached hydrogens (tertiary/aromatic N) is 3. The second-order valence-corrected chi connectivity index (χ2v) is 8.55. The van der Waals surface area contributed by atoms with Gasteiger partial charge in [-0.15, -0.1) is 0 Å². The summed E-state index contributed by atoms with van der Waals surface area (Å²) in [4.78, 5) is 4.43. The molecule has 1 rings (SSSR count). The zero-order valence-corrected chi connectivity index (χ0v) is 17.0. The van der Waals surface area contributed by atoms with Crippen LogP contribution in [0, 0.1) is 34.0 Å². The van der Waals surface area contributed by atoms with Gasteiger partial charge in [-0.2, -0.15) is 10.5 Å². The Morgan fingerprint density at radius 1 is 1.23 bits per heavy atom. The number of benzene rings is 1. The van der Waals surface area contributed by atoms with Crippen LogP contribution in [-0.2, 0) is 13.6 Å². The van der Waals surface area contributed by atoms with Crippen LogP contribution in [0.15, 0.2) is 29.3 Å². The Morgan fingerprint density at radius 3 is 2.23 bits per heavy atom. The Hall–Kier alpha value is -1.69. The molecule has 0 N–H and O–H groups in total. The molecule has 0 aromatic heterocycles. The molecule has 0 amide bonds. The van der Waals surface area contributed by atoms with Gasteiger partial charge in [0.2, 0.25) is 0 Å². The predicted octanol–water partition coefficient (Wildman–Crippen LogP) is 5.37. The van der Waals surface area contributed by atoms with Crippen LogP contribution in [-0.4, -0.2) is 19.4 Å². The maximum atomic E-state index is 13.3. The number of hydrogen-bond acceptors (Lipinski definition) is 6. The average Bonchev–Trinajstić information content (AvgIpc) is 2.57. The molecule has 1 unspecified atom stereocenters. The Bertz CT molecular complexity index is 744. The maximum absolute atomic E-state index is 13.3. The molecule has 0 aliphatic heterocycles. The van der Waals surface area contributed by atoms with Crippen LogP contribution in [0.2, 0.25) is 5.02 Å². The topological polar surface area (TPSA) is 95.5 Å². The van der Waals surface area contributed by atoms with Gasteiger partial charge in [0.15, 0.2) is 5.78 Å². The highest BCUT2D eigenvalue weighted by molar-refractivity contribution is 7.54. The van der Waals surface area contributed by atoms with E-state index in [2.05, 4.69) is 4.99 Å². The summed E-state index contributed by atoms with van der Waals surface area (Å²) in [6.45, 7) is 7.20. The van der Waals surface area contributed by atoms with Crippen molar-refractivity contribution in [3.8, 4) is 12.1 Å². The van der Waals surface area contributed by atoms with E-state index in [1.165, 1.54) is 6.21 Å². The standard InChI is InChI=1S/C18H23ClN3O3P/c1-5-24-26(23,25-6-2)17(15-9-7-8-10-16(15)19)22-13-18(3,4)14(11-20)12-21/h7-10,13-14,17H,5-6H2,1-4H3/b22-13+. The highest BCUT2D eigenvalue weighted by atomic mass is 35.5. The summed E-state index contributed by atoms with van der Waals surface area (Å²) in [5.74, 6) is -1.90. The van der Waals surface area contributed by atoms with Crippen LogP contribution in [0.1, 0.15) is 39.0 Å². The van der Waals surface area contributed by atoms with Crippen molar-refractivity contribution in [1.82, 2.24) is 0 Å². The Labute approximate surface area is 159 Å². The van der Waals surface area contributed by atoms with E-state index in [1.807, 2.05) is 12.1 Å². The van der Waals surface area contributed by atoms with Crippen molar-refractivity contribution < 1.29 is 13.6 Å². The first-order valence-corrected chi connectivity index (χ1v) is 10.2. The van der Waals surface area contributed by atoms with Crippen LogP contribution in [0.5, 0.6) is 0 Å². The molecule has 1 aromatic rings. The van der Waals surface area contributed by atoms with E-state index in [0.717, 1.165) is 0 Å². The van der Waals surface area contributed by atoms with Crippen molar-refractivity contribution in [3.63, 3.8) is 0 Å². The first kappa shape index (κ1) is 22.4. The second kappa shape index (κ2) is 9.86. The minimum Gasteiger partial charge on any atom is -0.307 e. The van der Waals surface area contributed by atoms with Gasteiger partial charge >= 0.3 is 7.60 Å². The van der Waals surface area contributed by atoms with Gasteiger partial charge in [0.1, 0.15) is 5.92 Å². The molecule has 1 aromatic carbocycles. The molecule has 0 radical (unpaired) electrons. The van der Waals surface area contributed by atoms with Gasteiger partial charge < -0.3 is 9.05 Å². The number of nitriles is 2. The van der Waals surface area contributed by atoms with E-state index in [0.29, 0.717) is 10.6 Å². The lowest BCUT2D eigenvalue weighted by Crippen LogP contribution is -2.23. The fraction of sp³-hybridized carbons (Fsp3) is 0.500. The Kier molecular flexibility index (Phi) is 8.47. The third-order valence-corrected chi connectivity index (χ3v) is 6.24. The quantitative estimate of drug-likeness (QED) is 0.414.